The van der Waals surface area contributed by atoms with Crippen LogP contribution in [0.1, 0.15) is 5.76 Å². The van der Waals surface area contributed by atoms with Crippen molar-refractivity contribution in [3.63, 3.8) is 0 Å². The molecule has 0 fully saturated rings. The molecular formula is C20H12ClIN2O3. The predicted octanol–water partition coefficient (Wildman–Crippen LogP) is 6.00. The lowest BCUT2D eigenvalue weighted by Crippen LogP contribution is -2.07. The van der Waals surface area contributed by atoms with Crippen LogP contribution in [0.2, 0.25) is 5.02 Å². The molecular weight excluding hydrogens is 479 g/mol. The van der Waals surface area contributed by atoms with Gasteiger partial charge in [-0.1, -0.05) is 11.6 Å². The standard InChI is InChI=1S/C20H12ClIN2O3/c21-16-6-3-12(22)10-15(16)20-24-17-11-13(4-7-18(17)27-20)23-19(25)8-5-14-2-1-9-26-14/h1-11H,(H,23,25)/b8-5+. The van der Waals surface area contributed by atoms with E-state index in [2.05, 4.69) is 32.9 Å². The largest absolute Gasteiger partial charge is 0.465 e. The normalized spacial score (nSPS) is 11.3. The van der Waals surface area contributed by atoms with Gasteiger partial charge in [0, 0.05) is 15.3 Å². The van der Waals surface area contributed by atoms with E-state index < -0.39 is 0 Å². The van der Waals surface area contributed by atoms with Gasteiger partial charge in [-0.2, -0.15) is 0 Å². The number of anilines is 1. The summed E-state index contributed by atoms with van der Waals surface area (Å²) in [5.41, 5.74) is 2.59. The zero-order valence-electron chi connectivity index (χ0n) is 13.8. The SMILES string of the molecule is O=C(/C=C/c1ccco1)Nc1ccc2oc(-c3cc(I)ccc3Cl)nc2c1. The molecule has 7 heteroatoms. The molecule has 0 aliphatic carbocycles. The Labute approximate surface area is 173 Å². The Balaban J connectivity index is 1.57. The van der Waals surface area contributed by atoms with Gasteiger partial charge in [0.25, 0.3) is 0 Å². The molecule has 2 aromatic heterocycles. The van der Waals surface area contributed by atoms with Crippen molar-refractivity contribution < 1.29 is 13.6 Å². The van der Waals surface area contributed by atoms with Crippen molar-refractivity contribution >= 4 is 63.0 Å². The molecule has 27 heavy (non-hydrogen) atoms. The molecule has 4 aromatic rings. The summed E-state index contributed by atoms with van der Waals surface area (Å²) in [5.74, 6) is 0.779. The van der Waals surface area contributed by atoms with E-state index in [0.29, 0.717) is 33.5 Å². The number of aromatic nitrogens is 1. The summed E-state index contributed by atoms with van der Waals surface area (Å²) in [4.78, 5) is 16.6. The summed E-state index contributed by atoms with van der Waals surface area (Å²) in [6.45, 7) is 0. The zero-order valence-corrected chi connectivity index (χ0v) is 16.7. The number of rotatable bonds is 4. The smallest absolute Gasteiger partial charge is 0.248 e. The van der Waals surface area contributed by atoms with Crippen molar-refractivity contribution in [1.82, 2.24) is 4.98 Å². The minimum Gasteiger partial charge on any atom is -0.465 e. The van der Waals surface area contributed by atoms with Crippen LogP contribution in [0.15, 0.2) is 69.7 Å². The van der Waals surface area contributed by atoms with Gasteiger partial charge in [-0.25, -0.2) is 4.98 Å². The number of nitrogens with one attached hydrogen (secondary N) is 1. The first-order valence-electron chi connectivity index (χ1n) is 7.97. The van der Waals surface area contributed by atoms with Crippen LogP contribution in [0.3, 0.4) is 0 Å². The number of fused-ring (bicyclic) bond motifs is 1. The van der Waals surface area contributed by atoms with Crippen LogP contribution >= 0.6 is 34.2 Å². The average Bonchev–Trinajstić information content (AvgIpc) is 3.31. The summed E-state index contributed by atoms with van der Waals surface area (Å²) >= 11 is 8.47. The Kier molecular flexibility index (Phi) is 5.00. The van der Waals surface area contributed by atoms with E-state index in [0.717, 1.165) is 9.13 Å². The third-order valence-electron chi connectivity index (χ3n) is 3.76. The summed E-state index contributed by atoms with van der Waals surface area (Å²) in [6, 6.07) is 14.4. The summed E-state index contributed by atoms with van der Waals surface area (Å²) in [6.07, 6.45) is 4.55. The number of carbonyl (C=O) groups excluding carboxylic acids is 1. The van der Waals surface area contributed by atoms with Crippen molar-refractivity contribution in [1.29, 1.82) is 0 Å². The third-order valence-corrected chi connectivity index (χ3v) is 4.76. The highest BCUT2D eigenvalue weighted by Crippen LogP contribution is 2.32. The molecule has 2 heterocycles. The fourth-order valence-electron chi connectivity index (χ4n) is 2.51. The molecule has 0 saturated heterocycles. The molecule has 1 N–H and O–H groups in total. The van der Waals surface area contributed by atoms with Crippen molar-refractivity contribution in [2.24, 2.45) is 0 Å². The van der Waals surface area contributed by atoms with Gasteiger partial charge in [-0.05, 0) is 77.2 Å². The molecule has 5 nitrogen and oxygen atoms in total. The maximum Gasteiger partial charge on any atom is 0.248 e. The van der Waals surface area contributed by atoms with E-state index in [1.807, 2.05) is 18.2 Å². The molecule has 0 aliphatic heterocycles. The van der Waals surface area contributed by atoms with Crippen molar-refractivity contribution in [2.45, 2.75) is 0 Å². The number of hydrogen-bond donors (Lipinski definition) is 1. The molecule has 0 bridgehead atoms. The Morgan fingerprint density at radius 2 is 2.07 bits per heavy atom. The lowest BCUT2D eigenvalue weighted by molar-refractivity contribution is -0.111. The van der Waals surface area contributed by atoms with Crippen LogP contribution in [0.5, 0.6) is 0 Å². The highest BCUT2D eigenvalue weighted by molar-refractivity contribution is 14.1. The van der Waals surface area contributed by atoms with Gasteiger partial charge in [0.2, 0.25) is 11.8 Å². The van der Waals surface area contributed by atoms with Crippen LogP contribution in [-0.4, -0.2) is 10.9 Å². The molecule has 1 amide bonds. The van der Waals surface area contributed by atoms with Crippen LogP contribution in [0.4, 0.5) is 5.69 Å². The van der Waals surface area contributed by atoms with E-state index in [-0.39, 0.29) is 5.91 Å². The van der Waals surface area contributed by atoms with Gasteiger partial charge in [0.1, 0.15) is 11.3 Å². The first-order valence-corrected chi connectivity index (χ1v) is 9.43. The van der Waals surface area contributed by atoms with E-state index in [9.17, 15) is 4.79 Å². The summed E-state index contributed by atoms with van der Waals surface area (Å²) < 4.78 is 12.0. The monoisotopic (exact) mass is 490 g/mol. The van der Waals surface area contributed by atoms with E-state index >= 15 is 0 Å². The Morgan fingerprint density at radius 1 is 1.19 bits per heavy atom. The molecule has 0 spiro atoms. The number of halogens is 2. The number of furan rings is 1. The van der Waals surface area contributed by atoms with Crippen molar-refractivity contribution in [3.8, 4) is 11.5 Å². The van der Waals surface area contributed by atoms with E-state index in [1.54, 1.807) is 42.7 Å². The molecule has 134 valence electrons. The molecule has 2 aromatic carbocycles. The summed E-state index contributed by atoms with van der Waals surface area (Å²) in [7, 11) is 0. The maximum atomic E-state index is 12.1. The van der Waals surface area contributed by atoms with Gasteiger partial charge in [0.05, 0.1) is 16.8 Å². The molecule has 0 saturated carbocycles. The fraction of sp³-hybridized carbons (Fsp3) is 0. The van der Waals surface area contributed by atoms with Crippen LogP contribution in [0.25, 0.3) is 28.6 Å². The number of benzene rings is 2. The molecule has 0 atom stereocenters. The van der Waals surface area contributed by atoms with Gasteiger partial charge >= 0.3 is 0 Å². The van der Waals surface area contributed by atoms with Crippen LogP contribution in [0, 0.1) is 3.57 Å². The van der Waals surface area contributed by atoms with Gasteiger partial charge in [0.15, 0.2) is 5.58 Å². The summed E-state index contributed by atoms with van der Waals surface area (Å²) in [5, 5.41) is 3.36. The quantitative estimate of drug-likeness (QED) is 0.281. The molecule has 0 radical (unpaired) electrons. The lowest BCUT2D eigenvalue weighted by atomic mass is 10.2. The van der Waals surface area contributed by atoms with Gasteiger partial charge in [-0.3, -0.25) is 4.79 Å². The first kappa shape index (κ1) is 17.8. The second kappa shape index (κ2) is 7.58. The van der Waals surface area contributed by atoms with Gasteiger partial charge < -0.3 is 14.2 Å². The number of nitrogens with zero attached hydrogens (tertiary/aromatic N) is 1. The number of oxazole rings is 1. The second-order valence-electron chi connectivity index (χ2n) is 5.66. The minimum atomic E-state index is -0.268. The number of carbonyl (C=O) groups is 1. The van der Waals surface area contributed by atoms with Crippen LogP contribution in [-0.2, 0) is 4.79 Å². The van der Waals surface area contributed by atoms with Gasteiger partial charge in [-0.15, -0.1) is 0 Å². The lowest BCUT2D eigenvalue weighted by Gasteiger charge is -2.00. The number of hydrogen-bond acceptors (Lipinski definition) is 4. The fourth-order valence-corrected chi connectivity index (χ4v) is 3.20. The molecule has 4 rings (SSSR count). The topological polar surface area (TPSA) is 68.3 Å². The molecule has 0 unspecified atom stereocenters. The second-order valence-corrected chi connectivity index (χ2v) is 7.32. The van der Waals surface area contributed by atoms with E-state index in [4.69, 9.17) is 20.4 Å². The Bertz CT molecular complexity index is 1150. The number of amides is 1. The molecule has 0 aliphatic rings. The highest BCUT2D eigenvalue weighted by atomic mass is 127. The Hall–Kier alpha value is -2.58. The van der Waals surface area contributed by atoms with E-state index in [1.165, 1.54) is 6.08 Å². The predicted molar refractivity (Wildman–Crippen MR) is 114 cm³/mol. The average molecular weight is 491 g/mol. The first-order chi connectivity index (χ1) is 13.1. The minimum absolute atomic E-state index is 0.268. The maximum absolute atomic E-state index is 12.1. The Morgan fingerprint density at radius 3 is 2.89 bits per heavy atom. The van der Waals surface area contributed by atoms with Crippen molar-refractivity contribution in [3.05, 3.63) is 75.2 Å². The highest BCUT2D eigenvalue weighted by Gasteiger charge is 2.13. The zero-order chi connectivity index (χ0) is 18.8. The third kappa shape index (κ3) is 4.06. The van der Waals surface area contributed by atoms with Crippen LogP contribution < -0.4 is 5.32 Å². The van der Waals surface area contributed by atoms with Crippen molar-refractivity contribution in [2.75, 3.05) is 5.32 Å².